The molecule has 3 rings (SSSR count). The van der Waals surface area contributed by atoms with Crippen molar-refractivity contribution in [3.8, 4) is 0 Å². The van der Waals surface area contributed by atoms with Gasteiger partial charge >= 0.3 is 0 Å². The minimum Gasteiger partial charge on any atom is -0.316 e. The second-order valence-corrected chi connectivity index (χ2v) is 4.87. The minimum absolute atomic E-state index is 0. The van der Waals surface area contributed by atoms with Crippen molar-refractivity contribution in [1.29, 1.82) is 0 Å². The lowest BCUT2D eigenvalue weighted by molar-refractivity contribution is 0.338. The van der Waals surface area contributed by atoms with Crippen LogP contribution in [-0.2, 0) is 0 Å². The summed E-state index contributed by atoms with van der Waals surface area (Å²) in [6.45, 7) is 6.45. The molecule has 2 atom stereocenters. The predicted molar refractivity (Wildman–Crippen MR) is 72.2 cm³/mol. The van der Waals surface area contributed by atoms with Gasteiger partial charge in [0.05, 0.1) is 5.69 Å². The molecular weight excluding hydrogens is 250 g/mol. The van der Waals surface area contributed by atoms with E-state index in [1.165, 1.54) is 12.1 Å². The van der Waals surface area contributed by atoms with Crippen LogP contribution in [0.25, 0.3) is 5.78 Å². The third-order valence-electron chi connectivity index (χ3n) is 3.61. The summed E-state index contributed by atoms with van der Waals surface area (Å²) < 4.78 is 1.88. The van der Waals surface area contributed by atoms with Crippen molar-refractivity contribution in [1.82, 2.24) is 24.9 Å². The third-order valence-corrected chi connectivity index (χ3v) is 3.61. The molecule has 2 aromatic heterocycles. The molecule has 1 fully saturated rings. The van der Waals surface area contributed by atoms with Gasteiger partial charge in [-0.3, -0.25) is 0 Å². The number of aromatic nitrogens is 4. The number of hydrogen-bond donors (Lipinski definition) is 1. The van der Waals surface area contributed by atoms with Crippen LogP contribution in [0.1, 0.15) is 30.7 Å². The Bertz CT molecular complexity index is 538. The summed E-state index contributed by atoms with van der Waals surface area (Å²) in [7, 11) is 0. The highest BCUT2D eigenvalue weighted by molar-refractivity contribution is 5.85. The van der Waals surface area contributed by atoms with E-state index in [0.29, 0.717) is 17.6 Å². The first-order valence-corrected chi connectivity index (χ1v) is 6.13. The maximum absolute atomic E-state index is 4.39. The maximum Gasteiger partial charge on any atom is 0.252 e. The number of hydrogen-bond acceptors (Lipinski definition) is 4. The van der Waals surface area contributed by atoms with Gasteiger partial charge in [0.25, 0.3) is 5.78 Å². The van der Waals surface area contributed by atoms with Crippen molar-refractivity contribution in [2.45, 2.75) is 26.2 Å². The van der Waals surface area contributed by atoms with Gasteiger partial charge in [-0.15, -0.1) is 12.4 Å². The van der Waals surface area contributed by atoms with Gasteiger partial charge in [0.1, 0.15) is 6.33 Å². The Balaban J connectivity index is 0.00000120. The number of rotatable bonds is 1. The smallest absolute Gasteiger partial charge is 0.252 e. The van der Waals surface area contributed by atoms with E-state index in [0.717, 1.165) is 18.8 Å². The van der Waals surface area contributed by atoms with Crippen molar-refractivity contribution in [3.63, 3.8) is 0 Å². The molecule has 5 nitrogen and oxygen atoms in total. The molecule has 1 aliphatic heterocycles. The monoisotopic (exact) mass is 267 g/mol. The zero-order valence-corrected chi connectivity index (χ0v) is 11.4. The highest BCUT2D eigenvalue weighted by Gasteiger charge is 2.25. The summed E-state index contributed by atoms with van der Waals surface area (Å²) in [6.07, 6.45) is 2.79. The zero-order chi connectivity index (χ0) is 11.8. The van der Waals surface area contributed by atoms with Crippen molar-refractivity contribution >= 4 is 18.2 Å². The predicted octanol–water partition coefficient (Wildman–Crippen LogP) is 1.57. The molecule has 1 aliphatic rings. The van der Waals surface area contributed by atoms with Crippen molar-refractivity contribution in [2.75, 3.05) is 13.1 Å². The van der Waals surface area contributed by atoms with Gasteiger partial charge in [0.2, 0.25) is 0 Å². The summed E-state index contributed by atoms with van der Waals surface area (Å²) in [4.78, 5) is 8.57. The van der Waals surface area contributed by atoms with Crippen LogP contribution in [-0.4, -0.2) is 32.7 Å². The molecule has 0 saturated carbocycles. The lowest BCUT2D eigenvalue weighted by Gasteiger charge is -2.29. The van der Waals surface area contributed by atoms with Gasteiger partial charge in [-0.25, -0.2) is 9.50 Å². The molecule has 2 unspecified atom stereocenters. The van der Waals surface area contributed by atoms with Crippen LogP contribution >= 0.6 is 12.4 Å². The maximum atomic E-state index is 4.39. The van der Waals surface area contributed by atoms with Crippen LogP contribution in [0, 0.1) is 12.8 Å². The summed E-state index contributed by atoms with van der Waals surface area (Å²) in [6, 6.07) is 2.13. The first-order chi connectivity index (χ1) is 8.25. The van der Waals surface area contributed by atoms with Crippen LogP contribution in [0.5, 0.6) is 0 Å². The van der Waals surface area contributed by atoms with Crippen LogP contribution < -0.4 is 5.32 Å². The Hall–Kier alpha value is -1.20. The average molecular weight is 268 g/mol. The van der Waals surface area contributed by atoms with Crippen molar-refractivity contribution in [2.24, 2.45) is 5.92 Å². The molecule has 0 bridgehead atoms. The topological polar surface area (TPSA) is 55.1 Å². The molecule has 1 N–H and O–H groups in total. The molecule has 18 heavy (non-hydrogen) atoms. The van der Waals surface area contributed by atoms with Gasteiger partial charge in [-0.05, 0) is 31.9 Å². The largest absolute Gasteiger partial charge is 0.316 e. The fourth-order valence-corrected chi connectivity index (χ4v) is 2.61. The van der Waals surface area contributed by atoms with E-state index in [1.807, 2.05) is 11.4 Å². The first-order valence-electron chi connectivity index (χ1n) is 6.13. The normalized spacial score (nSPS) is 23.9. The third kappa shape index (κ3) is 2.20. The highest BCUT2D eigenvalue weighted by atomic mass is 35.5. The Morgan fingerprint density at radius 2 is 2.28 bits per heavy atom. The molecule has 6 heteroatoms. The SMILES string of the molecule is Cc1cc(C2CNCCC2C)n2ncnc2n1.Cl. The lowest BCUT2D eigenvalue weighted by atomic mass is 9.85. The van der Waals surface area contributed by atoms with Gasteiger partial charge in [-0.2, -0.15) is 10.1 Å². The quantitative estimate of drug-likeness (QED) is 0.852. The van der Waals surface area contributed by atoms with Crippen molar-refractivity contribution in [3.05, 3.63) is 23.8 Å². The summed E-state index contributed by atoms with van der Waals surface area (Å²) in [5.74, 6) is 1.87. The summed E-state index contributed by atoms with van der Waals surface area (Å²) in [5.41, 5.74) is 2.24. The fourth-order valence-electron chi connectivity index (χ4n) is 2.61. The summed E-state index contributed by atoms with van der Waals surface area (Å²) >= 11 is 0. The van der Waals surface area contributed by atoms with E-state index in [2.05, 4.69) is 33.4 Å². The van der Waals surface area contributed by atoms with Crippen LogP contribution in [0.2, 0.25) is 0 Å². The number of aryl methyl sites for hydroxylation is 1. The molecule has 0 spiro atoms. The number of nitrogens with zero attached hydrogens (tertiary/aromatic N) is 4. The van der Waals surface area contributed by atoms with E-state index in [-0.39, 0.29) is 12.4 Å². The minimum atomic E-state index is 0. The number of piperidine rings is 1. The standard InChI is InChI=1S/C12H17N5.ClH/c1-8-3-4-13-6-10(8)11-5-9(2)16-12-14-7-15-17(11)12;/h5,7-8,10,13H,3-4,6H2,1-2H3;1H. The molecule has 0 aromatic carbocycles. The Morgan fingerprint density at radius 3 is 3.06 bits per heavy atom. The van der Waals surface area contributed by atoms with Gasteiger partial charge in [0.15, 0.2) is 0 Å². The Kier molecular flexibility index (Phi) is 3.82. The Labute approximate surface area is 112 Å². The molecule has 0 amide bonds. The second kappa shape index (κ2) is 5.20. The molecule has 2 aromatic rings. The van der Waals surface area contributed by atoms with Gasteiger partial charge in [-0.1, -0.05) is 6.92 Å². The molecule has 98 valence electrons. The lowest BCUT2D eigenvalue weighted by Crippen LogP contribution is -2.35. The number of nitrogens with one attached hydrogen (secondary N) is 1. The molecule has 0 aliphatic carbocycles. The molecule has 3 heterocycles. The van der Waals surface area contributed by atoms with Crippen LogP contribution in [0.4, 0.5) is 0 Å². The molecule has 0 radical (unpaired) electrons. The highest BCUT2D eigenvalue weighted by Crippen LogP contribution is 2.28. The van der Waals surface area contributed by atoms with Gasteiger partial charge < -0.3 is 5.32 Å². The van der Waals surface area contributed by atoms with Crippen molar-refractivity contribution < 1.29 is 0 Å². The van der Waals surface area contributed by atoms with Crippen LogP contribution in [0.3, 0.4) is 0 Å². The second-order valence-electron chi connectivity index (χ2n) is 4.87. The fraction of sp³-hybridized carbons (Fsp3) is 0.583. The molecular formula is C12H18ClN5. The molecule has 1 saturated heterocycles. The van der Waals surface area contributed by atoms with E-state index in [4.69, 9.17) is 0 Å². The average Bonchev–Trinajstić information content (AvgIpc) is 2.76. The Morgan fingerprint density at radius 1 is 1.44 bits per heavy atom. The zero-order valence-electron chi connectivity index (χ0n) is 10.6. The van der Waals surface area contributed by atoms with Gasteiger partial charge in [0, 0.05) is 18.2 Å². The number of halogens is 1. The first kappa shape index (κ1) is 13.2. The number of fused-ring (bicyclic) bond motifs is 1. The van der Waals surface area contributed by atoms with E-state index in [9.17, 15) is 0 Å². The van der Waals surface area contributed by atoms with E-state index >= 15 is 0 Å². The van der Waals surface area contributed by atoms with E-state index < -0.39 is 0 Å². The van der Waals surface area contributed by atoms with Crippen LogP contribution in [0.15, 0.2) is 12.4 Å². The summed E-state index contributed by atoms with van der Waals surface area (Å²) in [5, 5.41) is 7.74. The van der Waals surface area contributed by atoms with E-state index in [1.54, 1.807) is 6.33 Å².